The molecular weight excluding hydrogens is 374 g/mol. The number of nitrogens with one attached hydrogen (secondary N) is 1. The summed E-state index contributed by atoms with van der Waals surface area (Å²) in [6.45, 7) is 2.20. The van der Waals surface area contributed by atoms with E-state index < -0.39 is 27.4 Å². The van der Waals surface area contributed by atoms with Crippen LogP contribution in [0.5, 0.6) is 0 Å². The highest BCUT2D eigenvalue weighted by atomic mass is 32.2. The zero-order valence-corrected chi connectivity index (χ0v) is 15.8. The maximum absolute atomic E-state index is 12.2. The summed E-state index contributed by atoms with van der Waals surface area (Å²) in [6, 6.07) is 3.90. The second kappa shape index (κ2) is 8.62. The van der Waals surface area contributed by atoms with Crippen LogP contribution >= 0.6 is 0 Å². The molecule has 146 valence electrons. The number of sulfonamides is 1. The van der Waals surface area contributed by atoms with Crippen molar-refractivity contribution in [3.8, 4) is 0 Å². The molecule has 10 nitrogen and oxygen atoms in total. The van der Waals surface area contributed by atoms with E-state index in [0.29, 0.717) is 25.1 Å². The third-order valence-corrected chi connectivity index (χ3v) is 4.96. The van der Waals surface area contributed by atoms with Crippen LogP contribution in [0.3, 0.4) is 0 Å². The molecule has 1 N–H and O–H groups in total. The lowest BCUT2D eigenvalue weighted by atomic mass is 10.2. The maximum Gasteiger partial charge on any atom is 0.271 e. The van der Waals surface area contributed by atoms with Crippen molar-refractivity contribution < 1.29 is 18.1 Å². The van der Waals surface area contributed by atoms with Crippen LogP contribution in [0.25, 0.3) is 0 Å². The van der Waals surface area contributed by atoms with E-state index in [-0.39, 0.29) is 11.4 Å². The number of imidazole rings is 1. The van der Waals surface area contributed by atoms with Crippen molar-refractivity contribution in [1.29, 1.82) is 0 Å². The molecule has 0 atom stereocenters. The Balaban J connectivity index is 2.05. The van der Waals surface area contributed by atoms with Crippen LogP contribution in [0.15, 0.2) is 36.9 Å². The van der Waals surface area contributed by atoms with Crippen LogP contribution < -0.4 is 9.62 Å². The number of carbonyl (C=O) groups excluding carboxylic acids is 1. The van der Waals surface area contributed by atoms with Gasteiger partial charge in [0.2, 0.25) is 15.9 Å². The topological polar surface area (TPSA) is 127 Å². The number of rotatable bonds is 9. The second-order valence-electron chi connectivity index (χ2n) is 6.00. The van der Waals surface area contributed by atoms with Gasteiger partial charge in [-0.1, -0.05) is 6.07 Å². The summed E-state index contributed by atoms with van der Waals surface area (Å²) in [4.78, 5) is 26.5. The zero-order valence-electron chi connectivity index (χ0n) is 15.0. The highest BCUT2D eigenvalue weighted by molar-refractivity contribution is 7.92. The quantitative estimate of drug-likeness (QED) is 0.384. The fraction of sp³-hybridized carbons (Fsp3) is 0.375. The minimum Gasteiger partial charge on any atom is -0.354 e. The molecule has 0 aliphatic heterocycles. The molecule has 1 amide bonds. The standard InChI is InChI=1S/C16H21N5O5S/c1-13-4-5-14(21(23)24)10-15(13)20(27(2,25)26)11-16(22)18-6-3-8-19-9-7-17-12-19/h4-5,7,9-10,12H,3,6,8,11H2,1-2H3,(H,18,22). The molecule has 0 saturated carbocycles. The number of non-ortho nitro benzene ring substituents is 1. The van der Waals surface area contributed by atoms with Gasteiger partial charge in [0.05, 0.1) is 23.2 Å². The van der Waals surface area contributed by atoms with E-state index in [2.05, 4.69) is 10.3 Å². The predicted octanol–water partition coefficient (Wildman–Crippen LogP) is 1.07. The Bertz CT molecular complexity index is 911. The van der Waals surface area contributed by atoms with Gasteiger partial charge in [0.25, 0.3) is 5.69 Å². The molecule has 0 bridgehead atoms. The summed E-state index contributed by atoms with van der Waals surface area (Å²) >= 11 is 0. The number of aryl methyl sites for hydroxylation is 2. The number of hydrogen-bond acceptors (Lipinski definition) is 6. The van der Waals surface area contributed by atoms with Gasteiger partial charge in [-0.15, -0.1) is 0 Å². The van der Waals surface area contributed by atoms with Gasteiger partial charge in [-0.3, -0.25) is 19.2 Å². The third kappa shape index (κ3) is 5.78. The first-order valence-electron chi connectivity index (χ1n) is 8.13. The van der Waals surface area contributed by atoms with Gasteiger partial charge in [-0.05, 0) is 18.9 Å². The SMILES string of the molecule is Cc1ccc([N+](=O)[O-])cc1N(CC(=O)NCCCn1ccnc1)S(C)(=O)=O. The molecule has 1 heterocycles. The number of nitro benzene ring substituents is 1. The normalized spacial score (nSPS) is 11.2. The number of anilines is 1. The number of nitro groups is 1. The van der Waals surface area contributed by atoms with Crippen LogP contribution in [0, 0.1) is 17.0 Å². The molecule has 2 aromatic rings. The van der Waals surface area contributed by atoms with Gasteiger partial charge in [0, 0.05) is 37.6 Å². The molecule has 1 aromatic carbocycles. The fourth-order valence-corrected chi connectivity index (χ4v) is 3.36. The van der Waals surface area contributed by atoms with Crippen molar-refractivity contribution in [2.45, 2.75) is 19.9 Å². The third-order valence-electron chi connectivity index (χ3n) is 3.83. The molecule has 0 spiro atoms. The average Bonchev–Trinajstić information content (AvgIpc) is 3.09. The molecule has 0 aliphatic rings. The van der Waals surface area contributed by atoms with Crippen LogP contribution in [-0.4, -0.2) is 48.1 Å². The lowest BCUT2D eigenvalue weighted by molar-refractivity contribution is -0.384. The van der Waals surface area contributed by atoms with Crippen molar-refractivity contribution in [2.24, 2.45) is 0 Å². The van der Waals surface area contributed by atoms with Gasteiger partial charge in [0.15, 0.2) is 0 Å². The minimum absolute atomic E-state index is 0.111. The maximum atomic E-state index is 12.2. The molecule has 0 saturated heterocycles. The van der Waals surface area contributed by atoms with Crippen LogP contribution in [0.2, 0.25) is 0 Å². The van der Waals surface area contributed by atoms with E-state index in [1.165, 1.54) is 12.1 Å². The first-order chi connectivity index (χ1) is 12.7. The van der Waals surface area contributed by atoms with E-state index in [4.69, 9.17) is 0 Å². The monoisotopic (exact) mass is 395 g/mol. The summed E-state index contributed by atoms with van der Waals surface area (Å²) in [6.07, 6.45) is 6.73. The Morgan fingerprint density at radius 1 is 1.41 bits per heavy atom. The van der Waals surface area contributed by atoms with Gasteiger partial charge in [-0.2, -0.15) is 0 Å². The number of benzene rings is 1. The molecular formula is C16H21N5O5S. The Hall–Kier alpha value is -2.95. The Kier molecular flexibility index (Phi) is 6.50. The summed E-state index contributed by atoms with van der Waals surface area (Å²) in [5.41, 5.74) is 0.379. The van der Waals surface area contributed by atoms with Gasteiger partial charge in [-0.25, -0.2) is 13.4 Å². The molecule has 2 rings (SSSR count). The lowest BCUT2D eigenvalue weighted by Gasteiger charge is -2.23. The van der Waals surface area contributed by atoms with E-state index in [1.54, 1.807) is 25.6 Å². The lowest BCUT2D eigenvalue weighted by Crippen LogP contribution is -2.41. The number of amides is 1. The zero-order chi connectivity index (χ0) is 20.0. The highest BCUT2D eigenvalue weighted by Gasteiger charge is 2.24. The summed E-state index contributed by atoms with van der Waals surface area (Å²) < 4.78 is 27.0. The summed E-state index contributed by atoms with van der Waals surface area (Å²) in [5, 5.41) is 13.6. The van der Waals surface area contributed by atoms with Crippen molar-refractivity contribution in [3.05, 3.63) is 52.6 Å². The summed E-state index contributed by atoms with van der Waals surface area (Å²) in [5.74, 6) is -0.489. The highest BCUT2D eigenvalue weighted by Crippen LogP contribution is 2.27. The predicted molar refractivity (Wildman–Crippen MR) is 99.9 cm³/mol. The van der Waals surface area contributed by atoms with E-state index in [1.807, 2.05) is 4.57 Å². The molecule has 27 heavy (non-hydrogen) atoms. The molecule has 0 unspecified atom stereocenters. The Labute approximate surface area is 157 Å². The number of nitrogens with zero attached hydrogens (tertiary/aromatic N) is 4. The molecule has 0 radical (unpaired) electrons. The van der Waals surface area contributed by atoms with Gasteiger partial charge >= 0.3 is 0 Å². The number of carbonyl (C=O) groups is 1. The van der Waals surface area contributed by atoms with Crippen LogP contribution in [0.1, 0.15) is 12.0 Å². The first-order valence-corrected chi connectivity index (χ1v) is 9.98. The number of hydrogen-bond donors (Lipinski definition) is 1. The molecule has 0 aliphatic carbocycles. The molecule has 11 heteroatoms. The number of aromatic nitrogens is 2. The minimum atomic E-state index is -3.81. The van der Waals surface area contributed by atoms with Crippen LogP contribution in [-0.2, 0) is 21.4 Å². The summed E-state index contributed by atoms with van der Waals surface area (Å²) in [7, 11) is -3.81. The average molecular weight is 395 g/mol. The largest absolute Gasteiger partial charge is 0.354 e. The molecule has 0 fully saturated rings. The van der Waals surface area contributed by atoms with Crippen molar-refractivity contribution >= 4 is 27.3 Å². The second-order valence-corrected chi connectivity index (χ2v) is 7.91. The molecule has 1 aromatic heterocycles. The van der Waals surface area contributed by atoms with E-state index >= 15 is 0 Å². The first kappa shape index (κ1) is 20.4. The smallest absolute Gasteiger partial charge is 0.271 e. The van der Waals surface area contributed by atoms with Crippen molar-refractivity contribution in [1.82, 2.24) is 14.9 Å². The van der Waals surface area contributed by atoms with Gasteiger partial charge in [0.1, 0.15) is 6.54 Å². The van der Waals surface area contributed by atoms with E-state index in [9.17, 15) is 23.3 Å². The van der Waals surface area contributed by atoms with Crippen molar-refractivity contribution in [2.75, 3.05) is 23.7 Å². The van der Waals surface area contributed by atoms with E-state index in [0.717, 1.165) is 16.6 Å². The fourth-order valence-electron chi connectivity index (χ4n) is 2.46. The van der Waals surface area contributed by atoms with Gasteiger partial charge < -0.3 is 9.88 Å². The Morgan fingerprint density at radius 2 is 2.15 bits per heavy atom. The van der Waals surface area contributed by atoms with Crippen molar-refractivity contribution in [3.63, 3.8) is 0 Å². The Morgan fingerprint density at radius 3 is 2.74 bits per heavy atom. The van der Waals surface area contributed by atoms with Crippen LogP contribution in [0.4, 0.5) is 11.4 Å².